The van der Waals surface area contributed by atoms with Crippen molar-refractivity contribution in [3.8, 4) is 0 Å². The van der Waals surface area contributed by atoms with Gasteiger partial charge < -0.3 is 15.2 Å². The van der Waals surface area contributed by atoms with Crippen molar-refractivity contribution in [1.82, 2.24) is 25.2 Å². The molecular weight excluding hydrogens is 252 g/mol. The molecule has 0 aliphatic heterocycles. The predicted octanol–water partition coefficient (Wildman–Crippen LogP) is 1.03. The van der Waals surface area contributed by atoms with Gasteiger partial charge in [0.05, 0.1) is 18.6 Å². The normalized spacial score (nSPS) is 11.3. The van der Waals surface area contributed by atoms with Crippen LogP contribution in [0, 0.1) is 0 Å². The minimum Gasteiger partial charge on any atom is -0.356 e. The lowest BCUT2D eigenvalue weighted by atomic mass is 10.3. The predicted molar refractivity (Wildman–Crippen MR) is 79.3 cm³/mol. The smallest absolute Gasteiger partial charge is 0.191 e. The van der Waals surface area contributed by atoms with Gasteiger partial charge in [-0.25, -0.2) is 4.98 Å². The minimum absolute atomic E-state index is 0.669. The lowest BCUT2D eigenvalue weighted by molar-refractivity contribution is 0.624. The Balaban J connectivity index is 1.65. The van der Waals surface area contributed by atoms with Crippen LogP contribution in [0.1, 0.15) is 12.1 Å². The second kappa shape index (κ2) is 7.93. The molecule has 0 bridgehead atoms. The summed E-state index contributed by atoms with van der Waals surface area (Å²) in [4.78, 5) is 12.5. The van der Waals surface area contributed by atoms with Crippen LogP contribution in [-0.4, -0.2) is 34.1 Å². The van der Waals surface area contributed by atoms with Crippen molar-refractivity contribution in [1.29, 1.82) is 0 Å². The van der Waals surface area contributed by atoms with E-state index in [1.807, 2.05) is 30.7 Å². The number of aryl methyl sites for hydroxylation is 1. The third-order valence-corrected chi connectivity index (χ3v) is 2.83. The second-order valence-corrected chi connectivity index (χ2v) is 4.33. The molecule has 0 saturated heterocycles. The lowest BCUT2D eigenvalue weighted by Gasteiger charge is -2.11. The van der Waals surface area contributed by atoms with E-state index in [0.717, 1.165) is 31.2 Å². The van der Waals surface area contributed by atoms with E-state index in [1.165, 1.54) is 0 Å². The number of aromatic nitrogens is 3. The molecule has 106 valence electrons. The Morgan fingerprint density at radius 2 is 2.25 bits per heavy atom. The fourth-order valence-electron chi connectivity index (χ4n) is 1.79. The van der Waals surface area contributed by atoms with E-state index in [-0.39, 0.29) is 0 Å². The van der Waals surface area contributed by atoms with E-state index in [2.05, 4.69) is 30.2 Å². The summed E-state index contributed by atoms with van der Waals surface area (Å²) in [5, 5.41) is 6.52. The summed E-state index contributed by atoms with van der Waals surface area (Å²) in [5.41, 5.74) is 0.994. The van der Waals surface area contributed by atoms with Crippen LogP contribution in [0.5, 0.6) is 0 Å². The Hall–Kier alpha value is -2.37. The monoisotopic (exact) mass is 272 g/mol. The van der Waals surface area contributed by atoms with Crippen molar-refractivity contribution < 1.29 is 0 Å². The van der Waals surface area contributed by atoms with E-state index in [1.54, 1.807) is 19.4 Å². The largest absolute Gasteiger partial charge is 0.356 e. The average Bonchev–Trinajstić information content (AvgIpc) is 3.01. The molecule has 0 radical (unpaired) electrons. The van der Waals surface area contributed by atoms with E-state index >= 15 is 0 Å². The molecule has 0 atom stereocenters. The Morgan fingerprint density at radius 3 is 2.95 bits per heavy atom. The summed E-state index contributed by atoms with van der Waals surface area (Å²) in [5.74, 6) is 0.793. The maximum atomic E-state index is 4.26. The van der Waals surface area contributed by atoms with Crippen LogP contribution in [0.15, 0.2) is 48.1 Å². The van der Waals surface area contributed by atoms with Gasteiger partial charge in [0.1, 0.15) is 0 Å². The number of nitrogens with one attached hydrogen (secondary N) is 2. The van der Waals surface area contributed by atoms with Crippen molar-refractivity contribution in [2.45, 2.75) is 19.5 Å². The zero-order valence-corrected chi connectivity index (χ0v) is 11.7. The topological polar surface area (TPSA) is 67.1 Å². The van der Waals surface area contributed by atoms with Gasteiger partial charge in [-0.1, -0.05) is 6.07 Å². The van der Waals surface area contributed by atoms with Crippen LogP contribution in [-0.2, 0) is 13.1 Å². The molecule has 2 aromatic heterocycles. The van der Waals surface area contributed by atoms with Gasteiger partial charge in [-0.3, -0.25) is 9.98 Å². The number of rotatable bonds is 6. The molecule has 0 fully saturated rings. The lowest BCUT2D eigenvalue weighted by Crippen LogP contribution is -2.37. The number of pyridine rings is 1. The number of imidazole rings is 1. The Labute approximate surface area is 119 Å². The highest BCUT2D eigenvalue weighted by molar-refractivity contribution is 5.79. The highest BCUT2D eigenvalue weighted by atomic mass is 15.2. The Kier molecular flexibility index (Phi) is 5.57. The van der Waals surface area contributed by atoms with Crippen LogP contribution < -0.4 is 10.6 Å². The third kappa shape index (κ3) is 4.72. The van der Waals surface area contributed by atoms with Gasteiger partial charge in [-0.2, -0.15) is 0 Å². The van der Waals surface area contributed by atoms with Gasteiger partial charge in [0.2, 0.25) is 0 Å². The summed E-state index contributed by atoms with van der Waals surface area (Å²) in [6, 6.07) is 5.87. The molecule has 2 heterocycles. The fourth-order valence-corrected chi connectivity index (χ4v) is 1.79. The van der Waals surface area contributed by atoms with E-state index in [9.17, 15) is 0 Å². The van der Waals surface area contributed by atoms with Gasteiger partial charge in [0.25, 0.3) is 0 Å². The summed E-state index contributed by atoms with van der Waals surface area (Å²) in [7, 11) is 1.77. The van der Waals surface area contributed by atoms with Crippen LogP contribution in [0.2, 0.25) is 0 Å². The first-order valence-electron chi connectivity index (χ1n) is 6.68. The van der Waals surface area contributed by atoms with Crippen LogP contribution in [0.4, 0.5) is 0 Å². The zero-order chi connectivity index (χ0) is 14.0. The number of hydrogen-bond donors (Lipinski definition) is 2. The molecule has 0 saturated carbocycles. The fraction of sp³-hybridized carbons (Fsp3) is 0.357. The molecule has 0 aromatic carbocycles. The quantitative estimate of drug-likeness (QED) is 0.468. The number of nitrogens with zero attached hydrogens (tertiary/aromatic N) is 4. The first kappa shape index (κ1) is 14.0. The minimum atomic E-state index is 0.669. The molecule has 0 aliphatic carbocycles. The zero-order valence-electron chi connectivity index (χ0n) is 11.7. The number of guanidine groups is 1. The first-order chi connectivity index (χ1) is 9.88. The molecule has 20 heavy (non-hydrogen) atoms. The standard InChI is InChI=1S/C14H20N6/c1-15-14(19-11-13-5-2-3-6-17-13)18-7-4-9-20-10-8-16-12-20/h2-3,5-6,8,10,12H,4,7,9,11H2,1H3,(H2,15,18,19). The molecule has 0 amide bonds. The maximum absolute atomic E-state index is 4.26. The number of aliphatic imine (C=N–C) groups is 1. The average molecular weight is 272 g/mol. The van der Waals surface area contributed by atoms with Gasteiger partial charge in [0, 0.05) is 38.7 Å². The summed E-state index contributed by atoms with van der Waals surface area (Å²) >= 11 is 0. The molecule has 2 aromatic rings. The summed E-state index contributed by atoms with van der Waals surface area (Å²) < 4.78 is 2.06. The van der Waals surface area contributed by atoms with Gasteiger partial charge >= 0.3 is 0 Å². The Bertz CT molecular complexity index is 506. The molecule has 6 heteroatoms. The van der Waals surface area contributed by atoms with Gasteiger partial charge in [-0.05, 0) is 18.6 Å². The summed E-state index contributed by atoms with van der Waals surface area (Å²) in [6.45, 7) is 2.48. The van der Waals surface area contributed by atoms with E-state index in [0.29, 0.717) is 6.54 Å². The summed E-state index contributed by atoms with van der Waals surface area (Å²) in [6.07, 6.45) is 8.39. The number of hydrogen-bond acceptors (Lipinski definition) is 3. The third-order valence-electron chi connectivity index (χ3n) is 2.83. The molecule has 0 unspecified atom stereocenters. The van der Waals surface area contributed by atoms with Crippen LogP contribution in [0.3, 0.4) is 0 Å². The van der Waals surface area contributed by atoms with Gasteiger partial charge in [0.15, 0.2) is 5.96 Å². The van der Waals surface area contributed by atoms with Crippen molar-refractivity contribution in [3.05, 3.63) is 48.8 Å². The van der Waals surface area contributed by atoms with Crippen molar-refractivity contribution in [3.63, 3.8) is 0 Å². The van der Waals surface area contributed by atoms with Crippen molar-refractivity contribution in [2.24, 2.45) is 4.99 Å². The highest BCUT2D eigenvalue weighted by Gasteiger charge is 1.98. The molecule has 0 spiro atoms. The molecular formula is C14H20N6. The van der Waals surface area contributed by atoms with Crippen LogP contribution >= 0.6 is 0 Å². The maximum Gasteiger partial charge on any atom is 0.191 e. The van der Waals surface area contributed by atoms with Crippen molar-refractivity contribution >= 4 is 5.96 Å². The second-order valence-electron chi connectivity index (χ2n) is 4.33. The Morgan fingerprint density at radius 1 is 1.30 bits per heavy atom. The van der Waals surface area contributed by atoms with Crippen molar-refractivity contribution in [2.75, 3.05) is 13.6 Å². The first-order valence-corrected chi connectivity index (χ1v) is 6.68. The van der Waals surface area contributed by atoms with E-state index in [4.69, 9.17) is 0 Å². The van der Waals surface area contributed by atoms with Gasteiger partial charge in [-0.15, -0.1) is 0 Å². The molecule has 0 aliphatic rings. The highest BCUT2D eigenvalue weighted by Crippen LogP contribution is 1.92. The van der Waals surface area contributed by atoms with Crippen LogP contribution in [0.25, 0.3) is 0 Å². The SMILES string of the molecule is CN=C(NCCCn1ccnc1)NCc1ccccn1. The molecule has 2 N–H and O–H groups in total. The van der Waals surface area contributed by atoms with E-state index < -0.39 is 0 Å². The molecule has 6 nitrogen and oxygen atoms in total. The molecule has 2 rings (SSSR count).